The minimum Gasteiger partial charge on any atom is -0.216 e. The molecular weight excluding hydrogens is 335 g/mol. The molecular formula is C14H7Cl3N2S. The lowest BCUT2D eigenvalue weighted by atomic mass is 10.1. The van der Waals surface area contributed by atoms with Crippen molar-refractivity contribution in [2.75, 3.05) is 0 Å². The van der Waals surface area contributed by atoms with E-state index in [-0.39, 0.29) is 0 Å². The summed E-state index contributed by atoms with van der Waals surface area (Å²) in [5.74, 6) is 0.511. The Kier molecular flexibility index (Phi) is 3.94. The summed E-state index contributed by atoms with van der Waals surface area (Å²) in [6, 6.07) is 9.23. The second kappa shape index (κ2) is 5.70. The molecule has 0 N–H and O–H groups in total. The van der Waals surface area contributed by atoms with E-state index in [9.17, 15) is 0 Å². The van der Waals surface area contributed by atoms with E-state index in [1.807, 2.05) is 35.0 Å². The van der Waals surface area contributed by atoms with E-state index in [4.69, 9.17) is 34.8 Å². The summed E-state index contributed by atoms with van der Waals surface area (Å²) in [5.41, 5.74) is 2.17. The maximum atomic E-state index is 6.27. The summed E-state index contributed by atoms with van der Waals surface area (Å²) in [5, 5.41) is 5.03. The molecule has 0 aliphatic carbocycles. The minimum atomic E-state index is 0.291. The zero-order chi connectivity index (χ0) is 14.1. The second-order valence-electron chi connectivity index (χ2n) is 4.00. The van der Waals surface area contributed by atoms with Crippen LogP contribution in [0.3, 0.4) is 0 Å². The first-order valence-electron chi connectivity index (χ1n) is 5.67. The topological polar surface area (TPSA) is 25.8 Å². The van der Waals surface area contributed by atoms with E-state index >= 15 is 0 Å². The quantitative estimate of drug-likeness (QED) is 0.548. The van der Waals surface area contributed by atoms with Crippen molar-refractivity contribution in [3.05, 3.63) is 56.4 Å². The van der Waals surface area contributed by atoms with Crippen LogP contribution in [0.25, 0.3) is 22.5 Å². The zero-order valence-electron chi connectivity index (χ0n) is 9.98. The lowest BCUT2D eigenvalue weighted by Crippen LogP contribution is -1.94. The first-order chi connectivity index (χ1) is 9.66. The Bertz CT molecular complexity index is 734. The van der Waals surface area contributed by atoms with Gasteiger partial charge < -0.3 is 0 Å². The van der Waals surface area contributed by atoms with Crippen LogP contribution in [0.2, 0.25) is 15.3 Å². The van der Waals surface area contributed by atoms with Gasteiger partial charge >= 0.3 is 0 Å². The number of hydrogen-bond donors (Lipinski definition) is 0. The van der Waals surface area contributed by atoms with Crippen molar-refractivity contribution in [1.29, 1.82) is 0 Å². The largest absolute Gasteiger partial charge is 0.216 e. The summed E-state index contributed by atoms with van der Waals surface area (Å²) in [7, 11) is 0. The number of aromatic nitrogens is 2. The van der Waals surface area contributed by atoms with Gasteiger partial charge in [0, 0.05) is 21.5 Å². The molecule has 20 heavy (non-hydrogen) atoms. The number of thiophene rings is 1. The number of benzene rings is 1. The van der Waals surface area contributed by atoms with Crippen LogP contribution in [-0.2, 0) is 0 Å². The molecule has 0 amide bonds. The van der Waals surface area contributed by atoms with Gasteiger partial charge in [0.2, 0.25) is 0 Å². The lowest BCUT2D eigenvalue weighted by Gasteiger charge is -2.09. The molecule has 100 valence electrons. The maximum Gasteiger partial charge on any atom is 0.163 e. The Hall–Kier alpha value is -1.13. The Morgan fingerprint density at radius 1 is 0.900 bits per heavy atom. The molecule has 0 saturated carbocycles. The van der Waals surface area contributed by atoms with Gasteiger partial charge in [-0.05, 0) is 17.5 Å². The predicted molar refractivity (Wildman–Crippen MR) is 85.8 cm³/mol. The molecule has 1 aromatic carbocycles. The van der Waals surface area contributed by atoms with Gasteiger partial charge in [-0.2, -0.15) is 11.3 Å². The van der Waals surface area contributed by atoms with Gasteiger partial charge in [-0.15, -0.1) is 0 Å². The van der Waals surface area contributed by atoms with E-state index in [0.29, 0.717) is 26.7 Å². The molecule has 0 aliphatic heterocycles. The molecule has 2 aromatic heterocycles. The molecule has 2 nitrogen and oxygen atoms in total. The predicted octanol–water partition coefficient (Wildman–Crippen LogP) is 5.83. The van der Waals surface area contributed by atoms with Gasteiger partial charge in [0.1, 0.15) is 10.3 Å². The van der Waals surface area contributed by atoms with Crippen molar-refractivity contribution in [2.24, 2.45) is 0 Å². The van der Waals surface area contributed by atoms with Gasteiger partial charge in [0.05, 0.1) is 5.56 Å². The SMILES string of the molecule is Clc1ccccc1-c1c(Cl)nc(-c2ccsc2)nc1Cl. The molecule has 0 unspecified atom stereocenters. The molecule has 0 atom stereocenters. The Morgan fingerprint density at radius 2 is 1.60 bits per heavy atom. The van der Waals surface area contributed by atoms with Crippen LogP contribution in [0.15, 0.2) is 41.1 Å². The van der Waals surface area contributed by atoms with Crippen molar-refractivity contribution < 1.29 is 0 Å². The lowest BCUT2D eigenvalue weighted by molar-refractivity contribution is 1.18. The second-order valence-corrected chi connectivity index (χ2v) is 5.90. The molecule has 0 bridgehead atoms. The van der Waals surface area contributed by atoms with Gasteiger partial charge in [0.25, 0.3) is 0 Å². The van der Waals surface area contributed by atoms with Crippen molar-refractivity contribution in [2.45, 2.75) is 0 Å². The van der Waals surface area contributed by atoms with Crippen LogP contribution in [0.4, 0.5) is 0 Å². The molecule has 6 heteroatoms. The third-order valence-electron chi connectivity index (χ3n) is 2.74. The van der Waals surface area contributed by atoms with Crippen LogP contribution < -0.4 is 0 Å². The molecule has 0 saturated heterocycles. The summed E-state index contributed by atoms with van der Waals surface area (Å²) < 4.78 is 0. The highest BCUT2D eigenvalue weighted by Crippen LogP contribution is 2.37. The maximum absolute atomic E-state index is 6.27. The number of nitrogens with zero attached hydrogens (tertiary/aromatic N) is 2. The number of hydrogen-bond acceptors (Lipinski definition) is 3. The van der Waals surface area contributed by atoms with Crippen LogP contribution >= 0.6 is 46.1 Å². The van der Waals surface area contributed by atoms with Crippen LogP contribution in [0, 0.1) is 0 Å². The summed E-state index contributed by atoms with van der Waals surface area (Å²) in [4.78, 5) is 8.62. The molecule has 2 heterocycles. The highest BCUT2D eigenvalue weighted by atomic mass is 35.5. The highest BCUT2D eigenvalue weighted by molar-refractivity contribution is 7.08. The Labute approximate surface area is 135 Å². The highest BCUT2D eigenvalue weighted by Gasteiger charge is 2.16. The van der Waals surface area contributed by atoms with Gasteiger partial charge in [-0.25, -0.2) is 9.97 Å². The van der Waals surface area contributed by atoms with Crippen molar-refractivity contribution in [3.63, 3.8) is 0 Å². The fraction of sp³-hybridized carbons (Fsp3) is 0. The van der Waals surface area contributed by atoms with Crippen LogP contribution in [0.5, 0.6) is 0 Å². The van der Waals surface area contributed by atoms with E-state index in [2.05, 4.69) is 9.97 Å². The molecule has 0 spiro atoms. The normalized spacial score (nSPS) is 10.8. The fourth-order valence-corrected chi connectivity index (χ4v) is 3.27. The summed E-state index contributed by atoms with van der Waals surface area (Å²) in [6.07, 6.45) is 0. The monoisotopic (exact) mass is 340 g/mol. The average molecular weight is 342 g/mol. The smallest absolute Gasteiger partial charge is 0.163 e. The van der Waals surface area contributed by atoms with Gasteiger partial charge in [-0.1, -0.05) is 53.0 Å². The third-order valence-corrected chi connectivity index (χ3v) is 4.30. The van der Waals surface area contributed by atoms with Gasteiger partial charge in [-0.3, -0.25) is 0 Å². The van der Waals surface area contributed by atoms with E-state index in [0.717, 1.165) is 11.1 Å². The molecule has 0 radical (unpaired) electrons. The number of rotatable bonds is 2. The summed E-state index contributed by atoms with van der Waals surface area (Å²) in [6.45, 7) is 0. The first kappa shape index (κ1) is 13.8. The van der Waals surface area contributed by atoms with E-state index < -0.39 is 0 Å². The van der Waals surface area contributed by atoms with E-state index in [1.54, 1.807) is 17.4 Å². The van der Waals surface area contributed by atoms with Gasteiger partial charge in [0.15, 0.2) is 5.82 Å². The molecule has 0 aliphatic rings. The Morgan fingerprint density at radius 3 is 2.20 bits per heavy atom. The molecule has 3 rings (SSSR count). The molecule has 3 aromatic rings. The fourth-order valence-electron chi connectivity index (χ4n) is 1.81. The summed E-state index contributed by atoms with van der Waals surface area (Å²) >= 11 is 20.3. The first-order valence-corrected chi connectivity index (χ1v) is 7.75. The standard InChI is InChI=1S/C14H7Cl3N2S/c15-10-4-2-1-3-9(10)11-12(16)18-14(19-13(11)17)8-5-6-20-7-8/h1-7H. The molecule has 0 fully saturated rings. The van der Waals surface area contributed by atoms with Crippen molar-refractivity contribution in [3.8, 4) is 22.5 Å². The Balaban J connectivity index is 2.17. The zero-order valence-corrected chi connectivity index (χ0v) is 13.1. The van der Waals surface area contributed by atoms with Crippen molar-refractivity contribution >= 4 is 46.1 Å². The van der Waals surface area contributed by atoms with E-state index in [1.165, 1.54) is 0 Å². The van der Waals surface area contributed by atoms with Crippen molar-refractivity contribution in [1.82, 2.24) is 9.97 Å². The third kappa shape index (κ3) is 2.54. The van der Waals surface area contributed by atoms with Crippen LogP contribution in [0.1, 0.15) is 0 Å². The number of halogens is 3. The average Bonchev–Trinajstić information content (AvgIpc) is 2.94. The minimum absolute atomic E-state index is 0.291. The van der Waals surface area contributed by atoms with Crippen LogP contribution in [-0.4, -0.2) is 9.97 Å².